The van der Waals surface area contributed by atoms with Gasteiger partial charge in [0.25, 0.3) is 0 Å². The number of rotatable bonds is 2. The summed E-state index contributed by atoms with van der Waals surface area (Å²) < 4.78 is 2.62. The van der Waals surface area contributed by atoms with E-state index in [0.29, 0.717) is 16.8 Å². The highest BCUT2D eigenvalue weighted by molar-refractivity contribution is 9.10. The molecule has 0 aliphatic carbocycles. The van der Waals surface area contributed by atoms with Crippen molar-refractivity contribution in [3.8, 4) is 11.8 Å². The highest BCUT2D eigenvalue weighted by Gasteiger charge is 2.13. The molecular formula is C13H10BrN3O. The number of hydrogen-bond donors (Lipinski definition) is 0. The zero-order valence-electron chi connectivity index (χ0n) is 9.94. The lowest BCUT2D eigenvalue weighted by molar-refractivity contribution is 0.112. The molecule has 4 nitrogen and oxygen atoms in total. The molecule has 0 N–H and O–H groups in total. The molecule has 0 saturated heterocycles. The van der Waals surface area contributed by atoms with Crippen LogP contribution >= 0.6 is 15.9 Å². The van der Waals surface area contributed by atoms with Crippen LogP contribution in [0.5, 0.6) is 0 Å². The van der Waals surface area contributed by atoms with E-state index >= 15 is 0 Å². The molecule has 0 saturated carbocycles. The first-order chi connectivity index (χ1) is 8.58. The van der Waals surface area contributed by atoms with Gasteiger partial charge in [-0.1, -0.05) is 0 Å². The first kappa shape index (κ1) is 12.5. The predicted molar refractivity (Wildman–Crippen MR) is 70.8 cm³/mol. The van der Waals surface area contributed by atoms with Gasteiger partial charge in [0.1, 0.15) is 12.4 Å². The van der Waals surface area contributed by atoms with Crippen molar-refractivity contribution >= 4 is 22.2 Å². The maximum atomic E-state index is 10.7. The maximum absolute atomic E-state index is 10.7. The Morgan fingerprint density at radius 2 is 2.17 bits per heavy atom. The third-order valence-electron chi connectivity index (χ3n) is 2.71. The van der Waals surface area contributed by atoms with E-state index in [2.05, 4.69) is 27.1 Å². The van der Waals surface area contributed by atoms with Gasteiger partial charge >= 0.3 is 0 Å². The van der Waals surface area contributed by atoms with Crippen LogP contribution in [0.1, 0.15) is 27.3 Å². The lowest BCUT2D eigenvalue weighted by Crippen LogP contribution is -2.02. The summed E-state index contributed by atoms with van der Waals surface area (Å²) in [5.41, 5.74) is 3.36. The number of hydrogen-bond acceptors (Lipinski definition) is 3. The van der Waals surface area contributed by atoms with Crippen molar-refractivity contribution in [3.05, 3.63) is 45.2 Å². The zero-order valence-corrected chi connectivity index (χ0v) is 11.5. The van der Waals surface area contributed by atoms with Crippen molar-refractivity contribution in [2.24, 2.45) is 0 Å². The van der Waals surface area contributed by atoms with Gasteiger partial charge in [0, 0.05) is 5.56 Å². The van der Waals surface area contributed by atoms with Crippen molar-refractivity contribution in [3.63, 3.8) is 0 Å². The van der Waals surface area contributed by atoms with Gasteiger partial charge in [-0.25, -0.2) is 4.68 Å². The number of aldehydes is 1. The Morgan fingerprint density at radius 3 is 2.67 bits per heavy atom. The number of carbonyl (C=O) groups is 1. The first-order valence-electron chi connectivity index (χ1n) is 5.30. The molecule has 1 aromatic heterocycles. The Bertz CT molecular complexity index is 668. The van der Waals surface area contributed by atoms with Gasteiger partial charge in [0.05, 0.1) is 27.1 Å². The average Bonchev–Trinajstić information content (AvgIpc) is 2.65. The van der Waals surface area contributed by atoms with Crippen molar-refractivity contribution < 1.29 is 4.79 Å². The van der Waals surface area contributed by atoms with E-state index in [-0.39, 0.29) is 0 Å². The molecular weight excluding hydrogens is 294 g/mol. The average molecular weight is 304 g/mol. The SMILES string of the molecule is Cc1nn(-c2ccc(C=O)cc2C#N)c(C)c1Br. The van der Waals surface area contributed by atoms with Crippen LogP contribution < -0.4 is 0 Å². The second-order valence-electron chi connectivity index (χ2n) is 3.90. The van der Waals surface area contributed by atoms with Crippen LogP contribution in [0, 0.1) is 25.2 Å². The normalized spacial score (nSPS) is 10.1. The summed E-state index contributed by atoms with van der Waals surface area (Å²) in [4.78, 5) is 10.7. The van der Waals surface area contributed by atoms with Crippen LogP contribution in [-0.4, -0.2) is 16.1 Å². The molecule has 0 aliphatic heterocycles. The van der Waals surface area contributed by atoms with E-state index in [0.717, 1.165) is 22.1 Å². The second-order valence-corrected chi connectivity index (χ2v) is 4.70. The largest absolute Gasteiger partial charge is 0.298 e. The second kappa shape index (κ2) is 4.75. The molecule has 2 aromatic rings. The fourth-order valence-corrected chi connectivity index (χ4v) is 2.01. The molecule has 0 unspecified atom stereocenters. The molecule has 90 valence electrons. The number of nitriles is 1. The lowest BCUT2D eigenvalue weighted by atomic mass is 10.1. The van der Waals surface area contributed by atoms with Crippen molar-refractivity contribution in [1.29, 1.82) is 5.26 Å². The summed E-state index contributed by atoms with van der Waals surface area (Å²) in [7, 11) is 0. The number of halogens is 1. The molecule has 5 heteroatoms. The summed E-state index contributed by atoms with van der Waals surface area (Å²) in [6, 6.07) is 7.06. The minimum atomic E-state index is 0.428. The van der Waals surface area contributed by atoms with Gasteiger partial charge in [-0.3, -0.25) is 4.79 Å². The summed E-state index contributed by atoms with van der Waals surface area (Å²) in [6.07, 6.45) is 0.724. The summed E-state index contributed by atoms with van der Waals surface area (Å²) in [5.74, 6) is 0. The van der Waals surface area contributed by atoms with Gasteiger partial charge in [-0.05, 0) is 48.0 Å². The van der Waals surface area contributed by atoms with E-state index in [9.17, 15) is 4.79 Å². The molecule has 0 aliphatic rings. The van der Waals surface area contributed by atoms with Crippen molar-refractivity contribution in [1.82, 2.24) is 9.78 Å². The Hall–Kier alpha value is -1.93. The van der Waals surface area contributed by atoms with E-state index in [1.54, 1.807) is 22.9 Å². The van der Waals surface area contributed by atoms with Gasteiger partial charge in [0.2, 0.25) is 0 Å². The van der Waals surface area contributed by atoms with Crippen LogP contribution in [-0.2, 0) is 0 Å². The highest BCUT2D eigenvalue weighted by atomic mass is 79.9. The van der Waals surface area contributed by atoms with Crippen LogP contribution in [0.15, 0.2) is 22.7 Å². The molecule has 0 bridgehead atoms. The van der Waals surface area contributed by atoms with Crippen LogP contribution in [0.25, 0.3) is 5.69 Å². The minimum absolute atomic E-state index is 0.428. The van der Waals surface area contributed by atoms with Crippen LogP contribution in [0.3, 0.4) is 0 Å². The van der Waals surface area contributed by atoms with Crippen LogP contribution in [0.4, 0.5) is 0 Å². The first-order valence-corrected chi connectivity index (χ1v) is 6.09. The minimum Gasteiger partial charge on any atom is -0.298 e. The Morgan fingerprint density at radius 1 is 1.44 bits per heavy atom. The number of carbonyl (C=O) groups excluding carboxylic acids is 1. The fourth-order valence-electron chi connectivity index (χ4n) is 1.76. The molecule has 0 radical (unpaired) electrons. The van der Waals surface area contributed by atoms with Gasteiger partial charge in [-0.2, -0.15) is 10.4 Å². The molecule has 0 amide bonds. The molecule has 0 atom stereocenters. The number of aryl methyl sites for hydroxylation is 1. The van der Waals surface area contributed by atoms with Gasteiger partial charge < -0.3 is 0 Å². The third kappa shape index (κ3) is 1.95. The topological polar surface area (TPSA) is 58.7 Å². The standard InChI is InChI=1S/C13H10BrN3O/c1-8-13(14)9(2)17(16-8)12-4-3-10(7-18)5-11(12)6-15/h3-5,7H,1-2H3. The summed E-state index contributed by atoms with van der Waals surface area (Å²) in [5, 5.41) is 13.5. The molecule has 1 heterocycles. The zero-order chi connectivity index (χ0) is 13.3. The number of aromatic nitrogens is 2. The Balaban J connectivity index is 2.68. The number of nitrogens with zero attached hydrogens (tertiary/aromatic N) is 3. The Labute approximate surface area is 113 Å². The Kier molecular flexibility index (Phi) is 3.30. The smallest absolute Gasteiger partial charge is 0.150 e. The van der Waals surface area contributed by atoms with Crippen molar-refractivity contribution in [2.45, 2.75) is 13.8 Å². The maximum Gasteiger partial charge on any atom is 0.150 e. The molecule has 0 fully saturated rings. The van der Waals surface area contributed by atoms with E-state index in [1.807, 2.05) is 13.8 Å². The van der Waals surface area contributed by atoms with Gasteiger partial charge in [-0.15, -0.1) is 0 Å². The fraction of sp³-hybridized carbons (Fsp3) is 0.154. The van der Waals surface area contributed by atoms with Crippen molar-refractivity contribution in [2.75, 3.05) is 0 Å². The molecule has 18 heavy (non-hydrogen) atoms. The summed E-state index contributed by atoms with van der Waals surface area (Å²) >= 11 is 3.45. The molecule has 0 spiro atoms. The highest BCUT2D eigenvalue weighted by Crippen LogP contribution is 2.24. The number of benzene rings is 1. The monoisotopic (exact) mass is 303 g/mol. The van der Waals surface area contributed by atoms with E-state index in [1.165, 1.54) is 0 Å². The van der Waals surface area contributed by atoms with E-state index < -0.39 is 0 Å². The quantitative estimate of drug-likeness (QED) is 0.802. The predicted octanol–water partition coefficient (Wildman–Crippen LogP) is 2.94. The molecule has 2 rings (SSSR count). The van der Waals surface area contributed by atoms with Gasteiger partial charge in [0.15, 0.2) is 0 Å². The third-order valence-corrected chi connectivity index (χ3v) is 3.86. The van der Waals surface area contributed by atoms with Crippen LogP contribution in [0.2, 0.25) is 0 Å². The molecule has 1 aromatic carbocycles. The lowest BCUT2D eigenvalue weighted by Gasteiger charge is -2.07. The summed E-state index contributed by atoms with van der Waals surface area (Å²) in [6.45, 7) is 3.80. The van der Waals surface area contributed by atoms with E-state index in [4.69, 9.17) is 5.26 Å².